The molecule has 1 aromatic carbocycles. The van der Waals surface area contributed by atoms with Crippen molar-refractivity contribution in [3.63, 3.8) is 0 Å². The van der Waals surface area contributed by atoms with Gasteiger partial charge in [-0.3, -0.25) is 0 Å². The maximum absolute atomic E-state index is 11.1. The van der Waals surface area contributed by atoms with Crippen LogP contribution in [0.15, 0.2) is 30.6 Å². The van der Waals surface area contributed by atoms with Crippen LogP contribution in [0.1, 0.15) is 16.2 Å². The van der Waals surface area contributed by atoms with Crippen molar-refractivity contribution < 1.29 is 14.6 Å². The van der Waals surface area contributed by atoms with E-state index in [0.717, 1.165) is 5.82 Å². The van der Waals surface area contributed by atoms with Crippen LogP contribution in [-0.4, -0.2) is 27.2 Å². The molecule has 1 N–H and O–H groups in total. The molecule has 6 heteroatoms. The van der Waals surface area contributed by atoms with Crippen molar-refractivity contribution in [2.24, 2.45) is 0 Å². The van der Waals surface area contributed by atoms with E-state index in [1.165, 1.54) is 6.07 Å². The molecule has 0 atom stereocenters. The fraction of sp³-hybridized carbons (Fsp3) is 0.231. The minimum Gasteiger partial charge on any atom is -0.491 e. The minimum absolute atomic E-state index is 0.00785. The van der Waals surface area contributed by atoms with Gasteiger partial charge in [0.25, 0.3) is 0 Å². The Kier molecular flexibility index (Phi) is 4.06. The number of nitrogens with zero attached hydrogens (tertiary/aromatic N) is 2. The van der Waals surface area contributed by atoms with Crippen molar-refractivity contribution in [2.75, 3.05) is 6.61 Å². The Hall–Kier alpha value is -2.01. The summed E-state index contributed by atoms with van der Waals surface area (Å²) in [7, 11) is 0. The molecule has 2 rings (SSSR count). The maximum Gasteiger partial charge on any atom is 0.341 e. The summed E-state index contributed by atoms with van der Waals surface area (Å²) in [6.07, 6.45) is 3.55. The average Bonchev–Trinajstić information content (AvgIpc) is 2.75. The molecule has 0 unspecified atom stereocenters. The first-order valence-corrected chi connectivity index (χ1v) is 6.09. The average molecular weight is 281 g/mol. The van der Waals surface area contributed by atoms with E-state index in [4.69, 9.17) is 21.4 Å². The Morgan fingerprint density at radius 1 is 1.53 bits per heavy atom. The highest BCUT2D eigenvalue weighted by Gasteiger charge is 2.15. The van der Waals surface area contributed by atoms with Crippen LogP contribution in [-0.2, 0) is 6.54 Å². The van der Waals surface area contributed by atoms with E-state index in [0.29, 0.717) is 13.2 Å². The van der Waals surface area contributed by atoms with Crippen LogP contribution in [0.25, 0.3) is 0 Å². The molecule has 0 spiro atoms. The summed E-state index contributed by atoms with van der Waals surface area (Å²) in [6.45, 7) is 2.83. The van der Waals surface area contributed by atoms with Crippen LogP contribution in [0.5, 0.6) is 5.75 Å². The molecule has 0 saturated heterocycles. The number of rotatable bonds is 5. The zero-order valence-electron chi connectivity index (χ0n) is 10.3. The number of carbonyl (C=O) groups is 1. The Balaban J connectivity index is 2.06. The summed E-state index contributed by atoms with van der Waals surface area (Å²) in [5, 5.41) is 9.26. The van der Waals surface area contributed by atoms with Gasteiger partial charge in [-0.05, 0) is 19.1 Å². The molecule has 5 nitrogen and oxygen atoms in total. The van der Waals surface area contributed by atoms with Crippen LogP contribution < -0.4 is 4.74 Å². The number of aromatic nitrogens is 2. The molecule has 0 amide bonds. The number of hydrogen-bond donors (Lipinski definition) is 1. The molecule has 0 aliphatic rings. The Bertz CT molecular complexity index is 595. The van der Waals surface area contributed by atoms with E-state index >= 15 is 0 Å². The molecule has 0 radical (unpaired) electrons. The third kappa shape index (κ3) is 3.06. The third-order valence-electron chi connectivity index (χ3n) is 2.70. The Morgan fingerprint density at radius 2 is 2.32 bits per heavy atom. The van der Waals surface area contributed by atoms with Gasteiger partial charge in [0.1, 0.15) is 23.7 Å². The molecule has 19 heavy (non-hydrogen) atoms. The lowest BCUT2D eigenvalue weighted by Gasteiger charge is -2.11. The van der Waals surface area contributed by atoms with Crippen LogP contribution >= 0.6 is 11.6 Å². The Morgan fingerprint density at radius 3 is 2.95 bits per heavy atom. The van der Waals surface area contributed by atoms with E-state index in [2.05, 4.69) is 4.98 Å². The van der Waals surface area contributed by atoms with Crippen LogP contribution in [0.2, 0.25) is 5.02 Å². The van der Waals surface area contributed by atoms with Crippen molar-refractivity contribution in [2.45, 2.75) is 13.5 Å². The number of benzene rings is 1. The zero-order chi connectivity index (χ0) is 13.8. The minimum atomic E-state index is -1.10. The second-order valence-corrected chi connectivity index (χ2v) is 4.34. The topological polar surface area (TPSA) is 64.4 Å². The third-order valence-corrected chi connectivity index (χ3v) is 3.02. The molecule has 2 aromatic rings. The molecule has 100 valence electrons. The van der Waals surface area contributed by atoms with Gasteiger partial charge in [0.2, 0.25) is 0 Å². The number of halogens is 1. The number of carboxylic acids is 1. The fourth-order valence-corrected chi connectivity index (χ4v) is 1.97. The Labute approximate surface area is 115 Å². The monoisotopic (exact) mass is 280 g/mol. The van der Waals surface area contributed by atoms with Crippen LogP contribution in [0, 0.1) is 6.92 Å². The zero-order valence-corrected chi connectivity index (χ0v) is 11.1. The second-order valence-electron chi connectivity index (χ2n) is 3.93. The van der Waals surface area contributed by atoms with Gasteiger partial charge in [0.05, 0.1) is 11.6 Å². The van der Waals surface area contributed by atoms with Gasteiger partial charge in [0.15, 0.2) is 0 Å². The summed E-state index contributed by atoms with van der Waals surface area (Å²) in [5.41, 5.74) is -0.00785. The first kappa shape index (κ1) is 13.4. The lowest BCUT2D eigenvalue weighted by molar-refractivity contribution is 0.0692. The molecule has 1 aromatic heterocycles. The van der Waals surface area contributed by atoms with Gasteiger partial charge in [-0.1, -0.05) is 17.7 Å². The molecular formula is C13H13ClN2O3. The van der Waals surface area contributed by atoms with Gasteiger partial charge in [-0.2, -0.15) is 0 Å². The molecule has 1 heterocycles. The highest BCUT2D eigenvalue weighted by Crippen LogP contribution is 2.26. The maximum atomic E-state index is 11.1. The molecule has 0 fully saturated rings. The van der Waals surface area contributed by atoms with Crippen LogP contribution in [0.3, 0.4) is 0 Å². The number of aryl methyl sites for hydroxylation is 1. The highest BCUT2D eigenvalue weighted by atomic mass is 35.5. The van der Waals surface area contributed by atoms with Crippen molar-refractivity contribution in [1.29, 1.82) is 0 Å². The highest BCUT2D eigenvalue weighted by molar-refractivity contribution is 6.33. The van der Waals surface area contributed by atoms with Gasteiger partial charge in [-0.25, -0.2) is 9.78 Å². The number of ether oxygens (including phenoxy) is 1. The van der Waals surface area contributed by atoms with E-state index in [9.17, 15) is 4.79 Å². The van der Waals surface area contributed by atoms with Gasteiger partial charge >= 0.3 is 5.97 Å². The first-order chi connectivity index (χ1) is 9.09. The van der Waals surface area contributed by atoms with Crippen molar-refractivity contribution in [3.8, 4) is 5.75 Å². The second kappa shape index (κ2) is 5.75. The van der Waals surface area contributed by atoms with E-state index in [1.807, 2.05) is 17.7 Å². The van der Waals surface area contributed by atoms with Gasteiger partial charge in [0, 0.05) is 12.4 Å². The largest absolute Gasteiger partial charge is 0.491 e. The molecular weight excluding hydrogens is 268 g/mol. The number of imidazole rings is 1. The predicted molar refractivity (Wildman–Crippen MR) is 70.9 cm³/mol. The van der Waals surface area contributed by atoms with E-state index in [-0.39, 0.29) is 16.3 Å². The number of carboxylic acid groups (broad SMARTS) is 1. The molecule has 0 aliphatic carbocycles. The van der Waals surface area contributed by atoms with E-state index in [1.54, 1.807) is 18.3 Å². The van der Waals surface area contributed by atoms with Gasteiger partial charge < -0.3 is 14.4 Å². The normalized spacial score (nSPS) is 10.4. The van der Waals surface area contributed by atoms with Gasteiger partial charge in [-0.15, -0.1) is 0 Å². The lowest BCUT2D eigenvalue weighted by Crippen LogP contribution is -2.11. The standard InChI is InChI=1S/C13H13ClN2O3/c1-9-15-5-6-16(9)7-8-19-11-4-2-3-10(14)12(11)13(17)18/h2-6H,7-8H2,1H3,(H,17,18). The summed E-state index contributed by atoms with van der Waals surface area (Å²) in [6, 6.07) is 4.78. The molecule has 0 bridgehead atoms. The SMILES string of the molecule is Cc1nccn1CCOc1cccc(Cl)c1C(=O)O. The fourth-order valence-electron chi connectivity index (χ4n) is 1.73. The quantitative estimate of drug-likeness (QED) is 0.914. The van der Waals surface area contributed by atoms with Crippen molar-refractivity contribution in [1.82, 2.24) is 9.55 Å². The first-order valence-electron chi connectivity index (χ1n) is 5.72. The summed E-state index contributed by atoms with van der Waals surface area (Å²) in [4.78, 5) is 15.2. The lowest BCUT2D eigenvalue weighted by atomic mass is 10.2. The number of aromatic carboxylic acids is 1. The summed E-state index contributed by atoms with van der Waals surface area (Å²) in [5.74, 6) is 0.0605. The molecule has 0 aliphatic heterocycles. The predicted octanol–water partition coefficient (Wildman–Crippen LogP) is 2.62. The summed E-state index contributed by atoms with van der Waals surface area (Å²) < 4.78 is 7.42. The van der Waals surface area contributed by atoms with E-state index < -0.39 is 5.97 Å². The van der Waals surface area contributed by atoms with Crippen molar-refractivity contribution >= 4 is 17.6 Å². The summed E-state index contributed by atoms with van der Waals surface area (Å²) >= 11 is 5.85. The number of hydrogen-bond acceptors (Lipinski definition) is 3. The van der Waals surface area contributed by atoms with Crippen molar-refractivity contribution in [3.05, 3.63) is 47.0 Å². The molecule has 0 saturated carbocycles. The van der Waals surface area contributed by atoms with Crippen LogP contribution in [0.4, 0.5) is 0 Å². The smallest absolute Gasteiger partial charge is 0.341 e.